The molecule has 0 aromatic heterocycles. The molecule has 3 aromatic carbocycles. The molecule has 3 rings (SSSR count). The Balaban J connectivity index is 1.80. The van der Waals surface area contributed by atoms with Gasteiger partial charge in [-0.05, 0) is 49.4 Å². The van der Waals surface area contributed by atoms with Gasteiger partial charge in [0.1, 0.15) is 6.54 Å². The third kappa shape index (κ3) is 6.77. The highest BCUT2D eigenvalue weighted by molar-refractivity contribution is 7.99. The summed E-state index contributed by atoms with van der Waals surface area (Å²) in [4.78, 5) is 13.5. The van der Waals surface area contributed by atoms with Gasteiger partial charge in [0.15, 0.2) is 0 Å². The van der Waals surface area contributed by atoms with Crippen molar-refractivity contribution in [3.63, 3.8) is 0 Å². The van der Waals surface area contributed by atoms with E-state index in [1.807, 2.05) is 30.3 Å². The number of aryl methyl sites for hydroxylation is 1. The van der Waals surface area contributed by atoms with Gasteiger partial charge >= 0.3 is 6.18 Å². The van der Waals surface area contributed by atoms with E-state index in [0.717, 1.165) is 28.7 Å². The average molecular weight is 509 g/mol. The number of hydrogen-bond donors (Lipinski definition) is 1. The smallest absolute Gasteiger partial charge is 0.354 e. The molecule has 1 N–H and O–H groups in total. The van der Waals surface area contributed by atoms with Crippen molar-refractivity contribution in [3.05, 3.63) is 90.0 Å². The van der Waals surface area contributed by atoms with Crippen molar-refractivity contribution in [1.82, 2.24) is 5.32 Å². The highest BCUT2D eigenvalue weighted by atomic mass is 32.2. The summed E-state index contributed by atoms with van der Waals surface area (Å²) >= 11 is 1.51. The topological polar surface area (TPSA) is 66.5 Å². The van der Waals surface area contributed by atoms with E-state index in [0.29, 0.717) is 10.1 Å². The lowest BCUT2D eigenvalue weighted by atomic mass is 10.2. The standard InChI is InChI=1S/C24H23F3N2O3S2/c1-18-10-12-22(13-11-18)34(31,32)29(20-7-5-6-19(16-20)24(25,26)27)17-23(30)28-14-15-33-21-8-3-2-4-9-21/h2-13,16H,14-15,17H2,1H3,(H,28,30). The molecule has 0 bridgehead atoms. The van der Waals surface area contributed by atoms with Gasteiger partial charge in [0.05, 0.1) is 16.1 Å². The Kier molecular flexibility index (Phi) is 8.27. The largest absolute Gasteiger partial charge is 0.416 e. The Morgan fingerprint density at radius 2 is 1.65 bits per heavy atom. The summed E-state index contributed by atoms with van der Waals surface area (Å²) in [6, 6.07) is 19.3. The zero-order chi connectivity index (χ0) is 24.8. The Morgan fingerprint density at radius 3 is 2.29 bits per heavy atom. The van der Waals surface area contributed by atoms with Crippen molar-refractivity contribution >= 4 is 33.4 Å². The molecule has 0 radical (unpaired) electrons. The third-order valence-corrected chi connectivity index (χ3v) is 7.60. The molecule has 3 aromatic rings. The zero-order valence-electron chi connectivity index (χ0n) is 18.2. The second-order valence-electron chi connectivity index (χ2n) is 7.38. The number of hydrogen-bond acceptors (Lipinski definition) is 4. The van der Waals surface area contributed by atoms with E-state index in [1.165, 1.54) is 30.0 Å². The predicted octanol–water partition coefficient (Wildman–Crippen LogP) is 5.12. The van der Waals surface area contributed by atoms with Crippen LogP contribution >= 0.6 is 11.8 Å². The van der Waals surface area contributed by atoms with E-state index < -0.39 is 34.2 Å². The first-order chi connectivity index (χ1) is 16.1. The van der Waals surface area contributed by atoms with E-state index in [9.17, 15) is 26.4 Å². The minimum absolute atomic E-state index is 0.122. The van der Waals surface area contributed by atoms with Gasteiger partial charge in [-0.3, -0.25) is 9.10 Å². The Morgan fingerprint density at radius 1 is 0.971 bits per heavy atom. The van der Waals surface area contributed by atoms with E-state index in [2.05, 4.69) is 5.32 Å². The van der Waals surface area contributed by atoms with Gasteiger partial charge in [-0.25, -0.2) is 8.42 Å². The van der Waals surface area contributed by atoms with Crippen LogP contribution in [-0.2, 0) is 21.0 Å². The zero-order valence-corrected chi connectivity index (χ0v) is 19.9. The fraction of sp³-hybridized carbons (Fsp3) is 0.208. The van der Waals surface area contributed by atoms with Crippen molar-refractivity contribution in [2.24, 2.45) is 0 Å². The summed E-state index contributed by atoms with van der Waals surface area (Å²) in [6.07, 6.45) is -4.66. The molecule has 5 nitrogen and oxygen atoms in total. The van der Waals surface area contributed by atoms with Crippen molar-refractivity contribution in [1.29, 1.82) is 0 Å². The minimum Gasteiger partial charge on any atom is -0.354 e. The number of thioether (sulfide) groups is 1. The number of nitrogens with zero attached hydrogens (tertiary/aromatic N) is 1. The van der Waals surface area contributed by atoms with Crippen LogP contribution in [0.2, 0.25) is 0 Å². The van der Waals surface area contributed by atoms with Gasteiger partial charge in [-0.2, -0.15) is 13.2 Å². The van der Waals surface area contributed by atoms with Gasteiger partial charge in [0.25, 0.3) is 10.0 Å². The van der Waals surface area contributed by atoms with E-state index in [1.54, 1.807) is 19.1 Å². The SMILES string of the molecule is Cc1ccc(S(=O)(=O)N(CC(=O)NCCSc2ccccc2)c2cccc(C(F)(F)F)c2)cc1. The highest BCUT2D eigenvalue weighted by Gasteiger charge is 2.33. The first-order valence-electron chi connectivity index (χ1n) is 10.3. The van der Waals surface area contributed by atoms with Crippen molar-refractivity contribution in [2.75, 3.05) is 23.1 Å². The number of amides is 1. The van der Waals surface area contributed by atoms with Gasteiger partial charge in [0.2, 0.25) is 5.91 Å². The van der Waals surface area contributed by atoms with E-state index in [-0.39, 0.29) is 17.1 Å². The molecule has 0 aliphatic heterocycles. The van der Waals surface area contributed by atoms with E-state index in [4.69, 9.17) is 0 Å². The maximum atomic E-state index is 13.3. The van der Waals surface area contributed by atoms with Crippen molar-refractivity contribution < 1.29 is 26.4 Å². The van der Waals surface area contributed by atoms with Crippen LogP contribution in [0.1, 0.15) is 11.1 Å². The second-order valence-corrected chi connectivity index (χ2v) is 10.4. The quantitative estimate of drug-likeness (QED) is 0.322. The lowest BCUT2D eigenvalue weighted by Crippen LogP contribution is -2.41. The number of carbonyl (C=O) groups is 1. The maximum absolute atomic E-state index is 13.3. The summed E-state index contributed by atoms with van der Waals surface area (Å²) < 4.78 is 67.1. The molecule has 1 amide bonds. The van der Waals surface area contributed by atoms with Gasteiger partial charge in [-0.15, -0.1) is 11.8 Å². The number of carbonyl (C=O) groups excluding carboxylic acids is 1. The van der Waals surface area contributed by atoms with Crippen LogP contribution < -0.4 is 9.62 Å². The number of sulfonamides is 1. The normalized spacial score (nSPS) is 11.8. The number of alkyl halides is 3. The molecule has 0 spiro atoms. The molecule has 10 heteroatoms. The minimum atomic E-state index is -4.66. The molecule has 0 atom stereocenters. The van der Waals surface area contributed by atoms with Crippen LogP contribution in [0.4, 0.5) is 18.9 Å². The summed E-state index contributed by atoms with van der Waals surface area (Å²) in [5.74, 6) is -0.0777. The molecule has 0 aliphatic rings. The Hall–Kier alpha value is -2.98. The van der Waals surface area contributed by atoms with Crippen LogP contribution in [0, 0.1) is 6.92 Å². The number of anilines is 1. The number of rotatable bonds is 9. The van der Waals surface area contributed by atoms with Crippen molar-refractivity contribution in [3.8, 4) is 0 Å². The molecular formula is C24H23F3N2O3S2. The fourth-order valence-electron chi connectivity index (χ4n) is 3.05. The number of halogens is 3. The lowest BCUT2D eigenvalue weighted by Gasteiger charge is -2.25. The Labute approximate surface area is 201 Å². The summed E-state index contributed by atoms with van der Waals surface area (Å²) in [5, 5.41) is 2.64. The van der Waals surface area contributed by atoms with Gasteiger partial charge in [0, 0.05) is 17.2 Å². The van der Waals surface area contributed by atoms with Crippen LogP contribution in [0.15, 0.2) is 88.7 Å². The van der Waals surface area contributed by atoms with Gasteiger partial charge in [-0.1, -0.05) is 42.0 Å². The summed E-state index contributed by atoms with van der Waals surface area (Å²) in [7, 11) is -4.30. The highest BCUT2D eigenvalue weighted by Crippen LogP contribution is 2.33. The lowest BCUT2D eigenvalue weighted by molar-refractivity contribution is -0.137. The van der Waals surface area contributed by atoms with Crippen LogP contribution in [0.5, 0.6) is 0 Å². The third-order valence-electron chi connectivity index (χ3n) is 4.79. The molecule has 0 unspecified atom stereocenters. The second kappa shape index (κ2) is 11.0. The van der Waals surface area contributed by atoms with Crippen LogP contribution in [0.3, 0.4) is 0 Å². The molecule has 180 valence electrons. The van der Waals surface area contributed by atoms with Gasteiger partial charge < -0.3 is 5.32 Å². The molecule has 0 heterocycles. The number of nitrogens with one attached hydrogen (secondary N) is 1. The molecule has 0 saturated carbocycles. The monoisotopic (exact) mass is 508 g/mol. The first-order valence-corrected chi connectivity index (χ1v) is 12.7. The van der Waals surface area contributed by atoms with E-state index >= 15 is 0 Å². The van der Waals surface area contributed by atoms with Crippen LogP contribution in [0.25, 0.3) is 0 Å². The average Bonchev–Trinajstić information content (AvgIpc) is 2.81. The first kappa shape index (κ1) is 25.6. The van der Waals surface area contributed by atoms with Crippen molar-refractivity contribution in [2.45, 2.75) is 22.9 Å². The predicted molar refractivity (Wildman–Crippen MR) is 127 cm³/mol. The summed E-state index contributed by atoms with van der Waals surface area (Å²) in [6.45, 7) is 1.38. The molecule has 34 heavy (non-hydrogen) atoms. The molecule has 0 aliphatic carbocycles. The maximum Gasteiger partial charge on any atom is 0.416 e. The Bertz CT molecular complexity index is 1220. The fourth-order valence-corrected chi connectivity index (χ4v) is 5.25. The summed E-state index contributed by atoms with van der Waals surface area (Å²) in [5.41, 5.74) is -0.434. The molecule has 0 saturated heterocycles. The van der Waals surface area contributed by atoms with Crippen LogP contribution in [-0.4, -0.2) is 33.2 Å². The number of benzene rings is 3. The molecule has 0 fully saturated rings. The molecular weight excluding hydrogens is 485 g/mol.